The molecule has 0 atom stereocenters. The van der Waals surface area contributed by atoms with E-state index in [-0.39, 0.29) is 42.8 Å². The van der Waals surface area contributed by atoms with Crippen molar-refractivity contribution < 1.29 is 10.2 Å². The highest BCUT2D eigenvalue weighted by Gasteiger charge is 2.27. The lowest BCUT2D eigenvalue weighted by Gasteiger charge is -2.28. The molecule has 0 aliphatic heterocycles. The molecule has 2 aromatic carbocycles. The van der Waals surface area contributed by atoms with Gasteiger partial charge in [0.2, 0.25) is 0 Å². The summed E-state index contributed by atoms with van der Waals surface area (Å²) < 4.78 is 0. The van der Waals surface area contributed by atoms with Gasteiger partial charge in [0.05, 0.1) is 11.1 Å². The van der Waals surface area contributed by atoms with Gasteiger partial charge in [0.1, 0.15) is 33.6 Å². The summed E-state index contributed by atoms with van der Waals surface area (Å²) in [6, 6.07) is 11.6. The molecule has 0 amide bonds. The first-order chi connectivity index (χ1) is 19.7. The van der Waals surface area contributed by atoms with Crippen LogP contribution in [0.15, 0.2) is 35.4 Å². The fraction of sp³-hybridized carbons (Fsp3) is 0.444. The van der Waals surface area contributed by atoms with E-state index in [9.17, 15) is 10.2 Å². The third-order valence-corrected chi connectivity index (χ3v) is 7.33. The van der Waals surface area contributed by atoms with E-state index in [4.69, 9.17) is 46.4 Å². The van der Waals surface area contributed by atoms with Crippen molar-refractivity contribution in [2.75, 3.05) is 0 Å². The first-order valence-electron chi connectivity index (χ1n) is 14.3. The van der Waals surface area contributed by atoms with Gasteiger partial charge >= 0.3 is 0 Å². The molecule has 0 unspecified atom stereocenters. The fourth-order valence-corrected chi connectivity index (χ4v) is 4.63. The molecule has 6 nitrogen and oxygen atoms in total. The molecule has 0 aliphatic carbocycles. The number of nitriles is 2. The van der Waals surface area contributed by atoms with Crippen LogP contribution >= 0.6 is 24.4 Å². The zero-order valence-electron chi connectivity index (χ0n) is 28.2. The molecule has 0 saturated heterocycles. The molecule has 236 valence electrons. The largest absolute Gasteiger partial charge is 0.507 e. The number of phenols is 2. The number of phenolic OH excluding ortho intramolecular Hbond substituents is 2. The molecule has 0 aromatic heterocycles. The summed E-state index contributed by atoms with van der Waals surface area (Å²) in [5, 5.41) is 39.6. The van der Waals surface area contributed by atoms with E-state index in [0.29, 0.717) is 11.5 Å². The quantitative estimate of drug-likeness (QED) is 0.150. The van der Waals surface area contributed by atoms with E-state index < -0.39 is 0 Å². The first-order valence-corrected chi connectivity index (χ1v) is 15.2. The topological polar surface area (TPSA) is 140 Å². The van der Waals surface area contributed by atoms with Gasteiger partial charge in [-0.1, -0.05) is 108 Å². The second-order valence-electron chi connectivity index (χ2n) is 15.0. The zero-order valence-corrected chi connectivity index (χ0v) is 29.9. The minimum absolute atomic E-state index is 0.0743. The third-order valence-electron chi connectivity index (χ3n) is 6.89. The van der Waals surface area contributed by atoms with Crippen LogP contribution in [0.3, 0.4) is 0 Å². The van der Waals surface area contributed by atoms with Gasteiger partial charge < -0.3 is 21.7 Å². The number of thiocarbonyl (C=S) groups is 2. The summed E-state index contributed by atoms with van der Waals surface area (Å²) in [5.74, 6) is 0.622. The van der Waals surface area contributed by atoms with Crippen LogP contribution in [0, 0.1) is 22.7 Å². The van der Waals surface area contributed by atoms with Crippen molar-refractivity contribution >= 4 is 46.6 Å². The minimum atomic E-state index is -0.218. The Labute approximate surface area is 275 Å². The van der Waals surface area contributed by atoms with E-state index in [0.717, 1.165) is 33.4 Å². The SMILES string of the molecule is CC(C)(C)c1cc(/C=C(\C#N)C(N)=S)cc(C(C)(C)C)c1O.CC(C)(C)c1cc(/C=C(\C#N)C(N)=S)cc(C(C)(C)C)c1O. The van der Waals surface area contributed by atoms with Gasteiger partial charge in [-0.25, -0.2) is 0 Å². The molecule has 0 aliphatic rings. The Morgan fingerprint density at radius 2 is 0.773 bits per heavy atom. The smallest absolute Gasteiger partial charge is 0.123 e. The highest BCUT2D eigenvalue weighted by atomic mass is 32.1. The van der Waals surface area contributed by atoms with Gasteiger partial charge in [0.15, 0.2) is 0 Å². The molecule has 2 rings (SSSR count). The predicted molar refractivity (Wildman–Crippen MR) is 192 cm³/mol. The van der Waals surface area contributed by atoms with Crippen LogP contribution in [-0.2, 0) is 21.7 Å². The number of benzene rings is 2. The Kier molecular flexibility index (Phi) is 12.1. The molecule has 0 heterocycles. The molecular formula is C36H48N4O2S2. The highest BCUT2D eigenvalue weighted by Crippen LogP contribution is 2.41. The van der Waals surface area contributed by atoms with Crippen LogP contribution in [0.2, 0.25) is 0 Å². The average molecular weight is 633 g/mol. The van der Waals surface area contributed by atoms with Crippen molar-refractivity contribution in [1.29, 1.82) is 10.5 Å². The summed E-state index contributed by atoms with van der Waals surface area (Å²) in [6.45, 7) is 24.5. The molecule has 0 bridgehead atoms. The Morgan fingerprint density at radius 1 is 0.568 bits per heavy atom. The summed E-state index contributed by atoms with van der Waals surface area (Å²) >= 11 is 9.78. The van der Waals surface area contributed by atoms with Gasteiger partial charge in [0.25, 0.3) is 0 Å². The van der Waals surface area contributed by atoms with E-state index >= 15 is 0 Å². The Hall–Kier alpha value is -3.72. The second kappa shape index (κ2) is 13.9. The van der Waals surface area contributed by atoms with Crippen LogP contribution in [-0.4, -0.2) is 20.2 Å². The van der Waals surface area contributed by atoms with Crippen molar-refractivity contribution in [3.05, 3.63) is 68.8 Å². The molecule has 0 fully saturated rings. The zero-order chi connectivity index (χ0) is 34.6. The standard InChI is InChI=1S/2C18H24N2OS/c2*1-17(2,3)13-8-11(7-12(10-19)16(20)22)9-14(15(13)21)18(4,5)6/h2*7-9,21H,1-6H3,(H2,20,22)/b2*12-7+. The lowest BCUT2D eigenvalue weighted by molar-refractivity contribution is 0.422. The molecule has 0 radical (unpaired) electrons. The highest BCUT2D eigenvalue weighted by molar-refractivity contribution is 7.81. The normalized spacial score (nSPS) is 12.9. The lowest BCUT2D eigenvalue weighted by atomic mass is 9.78. The Bertz CT molecular complexity index is 1390. The molecule has 8 heteroatoms. The average Bonchev–Trinajstić information content (AvgIpc) is 2.84. The molecule has 44 heavy (non-hydrogen) atoms. The van der Waals surface area contributed by atoms with Crippen molar-refractivity contribution in [1.82, 2.24) is 0 Å². The molecular weight excluding hydrogens is 585 g/mol. The number of nitrogens with zero attached hydrogens (tertiary/aromatic N) is 2. The Balaban J connectivity index is 0.000000440. The summed E-state index contributed by atoms with van der Waals surface area (Å²) in [5.41, 5.74) is 15.8. The van der Waals surface area contributed by atoms with Gasteiger partial charge in [0, 0.05) is 22.3 Å². The van der Waals surface area contributed by atoms with Gasteiger partial charge in [-0.05, 0) is 69.2 Å². The summed E-state index contributed by atoms with van der Waals surface area (Å²) in [4.78, 5) is 0.149. The molecule has 2 aromatic rings. The lowest BCUT2D eigenvalue weighted by Crippen LogP contribution is -2.17. The monoisotopic (exact) mass is 632 g/mol. The van der Waals surface area contributed by atoms with Crippen molar-refractivity contribution in [3.63, 3.8) is 0 Å². The van der Waals surface area contributed by atoms with Crippen molar-refractivity contribution in [2.45, 2.75) is 105 Å². The Morgan fingerprint density at radius 3 is 0.909 bits per heavy atom. The van der Waals surface area contributed by atoms with Gasteiger partial charge in [-0.2, -0.15) is 10.5 Å². The second-order valence-corrected chi connectivity index (χ2v) is 15.9. The van der Waals surface area contributed by atoms with Crippen LogP contribution < -0.4 is 11.5 Å². The van der Waals surface area contributed by atoms with Crippen LogP contribution in [0.1, 0.15) is 116 Å². The first kappa shape index (κ1) is 38.3. The molecule has 0 spiro atoms. The number of hydrogen-bond acceptors (Lipinski definition) is 6. The van der Waals surface area contributed by atoms with E-state index in [2.05, 4.69) is 0 Å². The van der Waals surface area contributed by atoms with E-state index in [1.165, 1.54) is 0 Å². The van der Waals surface area contributed by atoms with Crippen molar-refractivity contribution in [2.24, 2.45) is 11.5 Å². The van der Waals surface area contributed by atoms with Crippen molar-refractivity contribution in [3.8, 4) is 23.6 Å². The summed E-state index contributed by atoms with van der Waals surface area (Å²) in [7, 11) is 0. The fourth-order valence-electron chi connectivity index (χ4n) is 4.42. The number of rotatable bonds is 4. The van der Waals surface area contributed by atoms with Crippen LogP contribution in [0.4, 0.5) is 0 Å². The molecule has 0 saturated carbocycles. The van der Waals surface area contributed by atoms with E-state index in [1.807, 2.05) is 119 Å². The van der Waals surface area contributed by atoms with E-state index in [1.54, 1.807) is 12.2 Å². The number of nitrogens with two attached hydrogens (primary N) is 2. The maximum atomic E-state index is 10.6. The van der Waals surface area contributed by atoms with Crippen LogP contribution in [0.25, 0.3) is 12.2 Å². The van der Waals surface area contributed by atoms with Crippen LogP contribution in [0.5, 0.6) is 11.5 Å². The maximum absolute atomic E-state index is 10.6. The number of hydrogen-bond donors (Lipinski definition) is 4. The molecule has 6 N–H and O–H groups in total. The van der Waals surface area contributed by atoms with Gasteiger partial charge in [-0.15, -0.1) is 0 Å². The van der Waals surface area contributed by atoms with Gasteiger partial charge in [-0.3, -0.25) is 0 Å². The minimum Gasteiger partial charge on any atom is -0.507 e. The third kappa shape index (κ3) is 10.2. The maximum Gasteiger partial charge on any atom is 0.123 e. The summed E-state index contributed by atoms with van der Waals surface area (Å²) in [6.07, 6.45) is 3.35. The predicted octanol–water partition coefficient (Wildman–Crippen LogP) is 8.36. The number of aromatic hydroxyl groups is 2.